The lowest BCUT2D eigenvalue weighted by atomic mass is 9.79. The Balaban J connectivity index is 1.58. The van der Waals surface area contributed by atoms with E-state index in [1.54, 1.807) is 18.0 Å². The number of benzene rings is 2. The summed E-state index contributed by atoms with van der Waals surface area (Å²) in [6.45, 7) is 2.33. The van der Waals surface area contributed by atoms with E-state index in [0.29, 0.717) is 25.1 Å². The molecule has 0 aliphatic carbocycles. The average Bonchev–Trinajstić information content (AvgIpc) is 2.98. The molecule has 4 rings (SSSR count). The van der Waals surface area contributed by atoms with Gasteiger partial charge in [-0.1, -0.05) is 36.4 Å². The fourth-order valence-electron chi connectivity index (χ4n) is 4.78. The summed E-state index contributed by atoms with van der Waals surface area (Å²) in [5, 5.41) is 0. The number of likely N-dealkylation sites (tertiary alicyclic amines) is 1. The highest BCUT2D eigenvalue weighted by Gasteiger charge is 2.57. The number of anilines is 1. The molecule has 2 fully saturated rings. The van der Waals surface area contributed by atoms with Gasteiger partial charge < -0.3 is 9.64 Å². The number of piperidine rings is 1. The number of rotatable bonds is 3. The lowest BCUT2D eigenvalue weighted by Crippen LogP contribution is -2.60. The molecule has 32 heavy (non-hydrogen) atoms. The Bertz CT molecular complexity index is 1140. The van der Waals surface area contributed by atoms with E-state index in [4.69, 9.17) is 4.74 Å². The van der Waals surface area contributed by atoms with Crippen LogP contribution in [0.4, 0.5) is 14.9 Å². The van der Waals surface area contributed by atoms with Crippen LogP contribution in [0.25, 0.3) is 0 Å². The van der Waals surface area contributed by atoms with E-state index in [1.807, 2.05) is 37.3 Å². The Kier molecular flexibility index (Phi) is 5.94. The largest absolute Gasteiger partial charge is 0.445 e. The number of halogens is 1. The summed E-state index contributed by atoms with van der Waals surface area (Å²) in [5.41, 5.74) is 0.764. The second kappa shape index (κ2) is 8.54. The molecule has 1 spiro atoms. The average molecular weight is 460 g/mol. The molecule has 9 heteroatoms. The van der Waals surface area contributed by atoms with Crippen molar-refractivity contribution < 1.29 is 22.3 Å². The maximum atomic E-state index is 14.0. The van der Waals surface area contributed by atoms with Crippen molar-refractivity contribution in [3.63, 3.8) is 0 Å². The van der Waals surface area contributed by atoms with Gasteiger partial charge in [0.05, 0.1) is 16.9 Å². The molecule has 2 saturated heterocycles. The number of carbonyl (C=O) groups excluding carboxylic acids is 1. The van der Waals surface area contributed by atoms with Gasteiger partial charge in [0.25, 0.3) is 0 Å². The van der Waals surface area contributed by atoms with Crippen LogP contribution in [0.2, 0.25) is 0 Å². The van der Waals surface area contributed by atoms with Gasteiger partial charge in [0.2, 0.25) is 10.0 Å². The second-order valence-electron chi connectivity index (χ2n) is 8.24. The van der Waals surface area contributed by atoms with Crippen LogP contribution >= 0.6 is 0 Å². The molecule has 7 nitrogen and oxygen atoms in total. The molecule has 0 radical (unpaired) electrons. The highest BCUT2D eigenvalue weighted by atomic mass is 32.2. The predicted octanol–water partition coefficient (Wildman–Crippen LogP) is 3.61. The van der Waals surface area contributed by atoms with Gasteiger partial charge in [-0.2, -0.15) is 0 Å². The Morgan fingerprint density at radius 2 is 1.97 bits per heavy atom. The van der Waals surface area contributed by atoms with Crippen molar-refractivity contribution in [2.75, 3.05) is 23.7 Å². The number of ether oxygens (including phenoxy) is 1. The number of hydrogen-bond acceptors (Lipinski definition) is 5. The summed E-state index contributed by atoms with van der Waals surface area (Å²) in [6, 6.07) is 14.7. The number of sulfonamides is 1. The van der Waals surface area contributed by atoms with Crippen molar-refractivity contribution in [2.45, 2.75) is 38.0 Å². The molecule has 0 bridgehead atoms. The second-order valence-corrected chi connectivity index (χ2v) is 10.1. The molecule has 2 aromatic rings. The molecule has 1 amide bonds. The number of nitrogens with zero attached hydrogens (tertiary/aromatic N) is 3. The predicted molar refractivity (Wildman–Crippen MR) is 121 cm³/mol. The topological polar surface area (TPSA) is 79.3 Å². The van der Waals surface area contributed by atoms with Crippen LogP contribution in [0.3, 0.4) is 0 Å². The highest BCUT2D eigenvalue weighted by molar-refractivity contribution is 7.94. The zero-order valence-electron chi connectivity index (χ0n) is 18.1. The first-order valence-electron chi connectivity index (χ1n) is 10.5. The molecule has 0 unspecified atom stereocenters. The minimum atomic E-state index is -3.73. The zero-order chi connectivity index (χ0) is 22.9. The van der Waals surface area contributed by atoms with E-state index in [2.05, 4.69) is 4.99 Å². The van der Waals surface area contributed by atoms with Crippen molar-refractivity contribution in [1.82, 2.24) is 4.90 Å². The Hall–Kier alpha value is -2.94. The van der Waals surface area contributed by atoms with E-state index >= 15 is 0 Å². The number of carbonyl (C=O) groups is 1. The van der Waals surface area contributed by atoms with Crippen molar-refractivity contribution in [3.05, 3.63) is 66.0 Å². The van der Waals surface area contributed by atoms with Crippen molar-refractivity contribution >= 4 is 27.5 Å². The van der Waals surface area contributed by atoms with Gasteiger partial charge in [-0.25, -0.2) is 17.6 Å². The van der Waals surface area contributed by atoms with Crippen LogP contribution < -0.4 is 4.31 Å². The van der Waals surface area contributed by atoms with E-state index in [9.17, 15) is 17.6 Å². The first-order valence-corrected chi connectivity index (χ1v) is 12.1. The van der Waals surface area contributed by atoms with Crippen LogP contribution in [-0.4, -0.2) is 56.0 Å². The highest BCUT2D eigenvalue weighted by Crippen LogP contribution is 2.44. The SMILES string of the molecule is CN=C1CS(=O)(=O)N(c2cccc(F)c2)[C@@]12CCN(C(=O)OCc1ccccc1)[C@@H](C)C2. The first-order chi connectivity index (χ1) is 15.3. The molecule has 2 aliphatic heterocycles. The molecule has 2 aromatic carbocycles. The summed E-state index contributed by atoms with van der Waals surface area (Å²) in [4.78, 5) is 18.7. The van der Waals surface area contributed by atoms with Crippen LogP contribution in [-0.2, 0) is 21.4 Å². The number of amides is 1. The number of hydrogen-bond donors (Lipinski definition) is 0. The minimum Gasteiger partial charge on any atom is -0.445 e. The van der Waals surface area contributed by atoms with Crippen molar-refractivity contribution in [3.8, 4) is 0 Å². The lowest BCUT2D eigenvalue weighted by Gasteiger charge is -2.47. The molecule has 2 aliphatic rings. The summed E-state index contributed by atoms with van der Waals surface area (Å²) in [5.74, 6) is -0.727. The van der Waals surface area contributed by atoms with E-state index < -0.39 is 27.5 Å². The molecular formula is C23H26FN3O4S. The maximum absolute atomic E-state index is 14.0. The quantitative estimate of drug-likeness (QED) is 0.703. The Labute approximate surface area is 187 Å². The van der Waals surface area contributed by atoms with Crippen LogP contribution in [0.1, 0.15) is 25.3 Å². The van der Waals surface area contributed by atoms with Crippen LogP contribution in [0.5, 0.6) is 0 Å². The minimum absolute atomic E-state index is 0.166. The Morgan fingerprint density at radius 3 is 2.62 bits per heavy atom. The lowest BCUT2D eigenvalue weighted by molar-refractivity contribution is 0.0650. The first kappa shape index (κ1) is 22.3. The standard InChI is InChI=1S/C23H26FN3O4S/c1-17-14-23(11-12-26(17)22(28)31-15-18-7-4-3-5-8-18)21(25-2)16-32(29,30)27(23)20-10-6-9-19(24)13-20/h3-10,13,17H,11-12,14-16H2,1-2H3/t17-,23+/m0/s1. The monoisotopic (exact) mass is 459 g/mol. The third-order valence-electron chi connectivity index (χ3n) is 6.21. The van der Waals surface area contributed by atoms with Crippen molar-refractivity contribution in [2.24, 2.45) is 4.99 Å². The zero-order valence-corrected chi connectivity index (χ0v) is 18.9. The van der Waals surface area contributed by atoms with Gasteiger partial charge in [-0.3, -0.25) is 9.30 Å². The van der Waals surface area contributed by atoms with Crippen molar-refractivity contribution in [1.29, 1.82) is 0 Å². The summed E-state index contributed by atoms with van der Waals surface area (Å²) < 4.78 is 47.0. The smallest absolute Gasteiger partial charge is 0.410 e. The van der Waals surface area contributed by atoms with Crippen LogP contribution in [0, 0.1) is 5.82 Å². The Morgan fingerprint density at radius 1 is 1.22 bits per heavy atom. The molecular weight excluding hydrogens is 433 g/mol. The van der Waals surface area contributed by atoms with Gasteiger partial charge >= 0.3 is 6.09 Å². The van der Waals surface area contributed by atoms with E-state index in [0.717, 1.165) is 5.56 Å². The molecule has 2 atom stereocenters. The summed E-state index contributed by atoms with van der Waals surface area (Å²) >= 11 is 0. The van der Waals surface area contributed by atoms with Gasteiger partial charge in [0.15, 0.2) is 0 Å². The third-order valence-corrected chi connectivity index (χ3v) is 7.96. The van der Waals surface area contributed by atoms with Gasteiger partial charge in [-0.15, -0.1) is 0 Å². The molecule has 0 N–H and O–H groups in total. The molecule has 2 heterocycles. The summed E-state index contributed by atoms with van der Waals surface area (Å²) in [7, 11) is -2.16. The van der Waals surface area contributed by atoms with E-state index in [-0.39, 0.29) is 24.1 Å². The maximum Gasteiger partial charge on any atom is 0.410 e. The van der Waals surface area contributed by atoms with Crippen LogP contribution in [0.15, 0.2) is 59.6 Å². The normalized spacial score (nSPS) is 26.0. The van der Waals surface area contributed by atoms with Gasteiger partial charge in [-0.05, 0) is 43.5 Å². The third kappa shape index (κ3) is 3.97. The number of aliphatic imine (C=N–C) groups is 1. The fraction of sp³-hybridized carbons (Fsp3) is 0.391. The van der Waals surface area contributed by atoms with Gasteiger partial charge in [0.1, 0.15) is 18.2 Å². The molecule has 170 valence electrons. The van der Waals surface area contributed by atoms with E-state index in [1.165, 1.54) is 22.5 Å². The molecule has 0 aromatic heterocycles. The fourth-order valence-corrected chi connectivity index (χ4v) is 6.90. The molecule has 0 saturated carbocycles. The summed E-state index contributed by atoms with van der Waals surface area (Å²) in [6.07, 6.45) is 0.250. The van der Waals surface area contributed by atoms with Gasteiger partial charge in [0, 0.05) is 19.6 Å².